The van der Waals surface area contributed by atoms with Crippen LogP contribution in [0.15, 0.2) is 12.3 Å². The highest BCUT2D eigenvalue weighted by molar-refractivity contribution is 6.32. The molecule has 8 nitrogen and oxygen atoms in total. The Labute approximate surface area is 114 Å². The van der Waals surface area contributed by atoms with Crippen molar-refractivity contribution in [1.29, 1.82) is 0 Å². The number of carbonyl (C=O) groups excluding carboxylic acids is 1. The Bertz CT molecular complexity index is 501. The van der Waals surface area contributed by atoms with Crippen LogP contribution in [0.3, 0.4) is 0 Å². The van der Waals surface area contributed by atoms with Crippen molar-refractivity contribution in [2.75, 3.05) is 5.43 Å². The number of ether oxygens (including phenoxy) is 1. The quantitative estimate of drug-likeness (QED) is 0.503. The fraction of sp³-hybridized carbons (Fsp3) is 0.400. The first kappa shape index (κ1) is 15.0. The normalized spacial score (nSPS) is 10.7. The van der Waals surface area contributed by atoms with Crippen molar-refractivity contribution in [2.45, 2.75) is 26.4 Å². The number of hydrogen-bond donors (Lipinski definition) is 2. The molecule has 0 aliphatic heterocycles. The zero-order chi connectivity index (χ0) is 14.6. The molecule has 104 valence electrons. The Kier molecular flexibility index (Phi) is 4.49. The zero-order valence-corrected chi connectivity index (χ0v) is 11.3. The first-order chi connectivity index (χ1) is 8.70. The molecule has 0 saturated carbocycles. The van der Waals surface area contributed by atoms with Crippen molar-refractivity contribution in [3.05, 3.63) is 27.5 Å². The molecular formula is C10H13ClN4O4. The Balaban J connectivity index is 2.76. The lowest BCUT2D eigenvalue weighted by molar-refractivity contribution is -0.384. The molecule has 0 unspecified atom stereocenters. The Morgan fingerprint density at radius 2 is 2.16 bits per heavy atom. The van der Waals surface area contributed by atoms with Gasteiger partial charge in [0.15, 0.2) is 0 Å². The number of aromatic nitrogens is 1. The van der Waals surface area contributed by atoms with E-state index in [2.05, 4.69) is 15.8 Å². The van der Waals surface area contributed by atoms with E-state index in [1.807, 2.05) is 0 Å². The summed E-state index contributed by atoms with van der Waals surface area (Å²) in [7, 11) is 0. The lowest BCUT2D eigenvalue weighted by atomic mass is 10.2. The zero-order valence-electron chi connectivity index (χ0n) is 10.6. The molecule has 0 fully saturated rings. The summed E-state index contributed by atoms with van der Waals surface area (Å²) in [6, 6.07) is 1.31. The average molecular weight is 289 g/mol. The van der Waals surface area contributed by atoms with Gasteiger partial charge in [0.25, 0.3) is 0 Å². The standard InChI is InChI=1S/C10H13ClN4O4/c1-10(2,3)19-9(16)14-13-6-4-5-12-8(11)7(6)15(17)18/h4-5H,1-3H3,(H,12,13)(H,14,16). The maximum atomic E-state index is 11.4. The van der Waals surface area contributed by atoms with Crippen LogP contribution < -0.4 is 10.9 Å². The second-order valence-corrected chi connectivity index (χ2v) is 4.86. The van der Waals surface area contributed by atoms with Gasteiger partial charge < -0.3 is 4.74 Å². The minimum atomic E-state index is -0.769. The van der Waals surface area contributed by atoms with Crippen molar-refractivity contribution in [3.63, 3.8) is 0 Å². The predicted molar refractivity (Wildman–Crippen MR) is 68.9 cm³/mol. The third kappa shape index (κ3) is 4.59. The van der Waals surface area contributed by atoms with Gasteiger partial charge in [-0.25, -0.2) is 15.2 Å². The smallest absolute Gasteiger partial charge is 0.426 e. The van der Waals surface area contributed by atoms with E-state index >= 15 is 0 Å². The second kappa shape index (κ2) is 5.70. The van der Waals surface area contributed by atoms with E-state index in [1.165, 1.54) is 12.3 Å². The third-order valence-electron chi connectivity index (χ3n) is 1.76. The van der Waals surface area contributed by atoms with Crippen LogP contribution in [0.5, 0.6) is 0 Å². The molecule has 0 atom stereocenters. The molecule has 0 saturated heterocycles. The topological polar surface area (TPSA) is 106 Å². The molecule has 1 amide bonds. The number of halogens is 1. The van der Waals surface area contributed by atoms with Gasteiger partial charge in [-0.2, -0.15) is 0 Å². The van der Waals surface area contributed by atoms with Gasteiger partial charge in [0.1, 0.15) is 11.3 Å². The summed E-state index contributed by atoms with van der Waals surface area (Å²) in [4.78, 5) is 25.1. The van der Waals surface area contributed by atoms with Gasteiger partial charge in [-0.3, -0.25) is 15.5 Å². The number of hydrogen-bond acceptors (Lipinski definition) is 6. The highest BCUT2D eigenvalue weighted by Crippen LogP contribution is 2.29. The van der Waals surface area contributed by atoms with Crippen LogP contribution in [0.4, 0.5) is 16.2 Å². The lowest BCUT2D eigenvalue weighted by Crippen LogP contribution is -2.36. The number of rotatable bonds is 3. The number of carbonyl (C=O) groups is 1. The third-order valence-corrected chi connectivity index (χ3v) is 2.04. The van der Waals surface area contributed by atoms with Crippen LogP contribution in [0.2, 0.25) is 5.15 Å². The predicted octanol–water partition coefficient (Wildman–Crippen LogP) is 2.49. The van der Waals surface area contributed by atoms with E-state index < -0.39 is 22.3 Å². The van der Waals surface area contributed by atoms with Gasteiger partial charge in [-0.05, 0) is 26.8 Å². The maximum Gasteiger partial charge on any atom is 0.426 e. The first-order valence-corrected chi connectivity index (χ1v) is 5.62. The van der Waals surface area contributed by atoms with E-state index in [-0.39, 0.29) is 10.8 Å². The molecule has 0 radical (unpaired) electrons. The summed E-state index contributed by atoms with van der Waals surface area (Å²) in [5, 5.41) is 10.5. The van der Waals surface area contributed by atoms with Gasteiger partial charge in [-0.1, -0.05) is 11.6 Å². The molecular weight excluding hydrogens is 276 g/mol. The summed E-state index contributed by atoms with van der Waals surface area (Å²) < 4.78 is 4.96. The average Bonchev–Trinajstić information content (AvgIpc) is 2.23. The molecule has 1 rings (SSSR count). The van der Waals surface area contributed by atoms with Crippen LogP contribution in [0.1, 0.15) is 20.8 Å². The van der Waals surface area contributed by atoms with Crippen molar-refractivity contribution in [1.82, 2.24) is 10.4 Å². The largest absolute Gasteiger partial charge is 0.443 e. The molecule has 19 heavy (non-hydrogen) atoms. The fourth-order valence-electron chi connectivity index (χ4n) is 1.12. The summed E-state index contributed by atoms with van der Waals surface area (Å²) in [5.41, 5.74) is 3.45. The monoisotopic (exact) mass is 288 g/mol. The maximum absolute atomic E-state index is 11.4. The van der Waals surface area contributed by atoms with Crippen LogP contribution in [-0.4, -0.2) is 21.6 Å². The molecule has 2 N–H and O–H groups in total. The number of amides is 1. The first-order valence-electron chi connectivity index (χ1n) is 5.24. The summed E-state index contributed by atoms with van der Waals surface area (Å²) >= 11 is 5.61. The van der Waals surface area contributed by atoms with Gasteiger partial charge in [-0.15, -0.1) is 0 Å². The summed E-state index contributed by atoms with van der Waals surface area (Å²) in [6.07, 6.45) is 0.503. The van der Waals surface area contributed by atoms with Crippen molar-refractivity contribution in [3.8, 4) is 0 Å². The highest BCUT2D eigenvalue weighted by Gasteiger charge is 2.21. The molecule has 1 heterocycles. The number of nitrogens with zero attached hydrogens (tertiary/aromatic N) is 2. The molecule has 0 bridgehead atoms. The fourth-order valence-corrected chi connectivity index (χ4v) is 1.35. The van der Waals surface area contributed by atoms with E-state index in [9.17, 15) is 14.9 Å². The summed E-state index contributed by atoms with van der Waals surface area (Å²) in [5.74, 6) is 0. The van der Waals surface area contributed by atoms with E-state index in [4.69, 9.17) is 16.3 Å². The number of nitro groups is 1. The van der Waals surface area contributed by atoms with Crippen LogP contribution in [-0.2, 0) is 4.74 Å². The van der Waals surface area contributed by atoms with Gasteiger partial charge >= 0.3 is 11.8 Å². The molecule has 0 spiro atoms. The minimum absolute atomic E-state index is 0.0101. The molecule has 1 aromatic rings. The SMILES string of the molecule is CC(C)(C)OC(=O)NNc1ccnc(Cl)c1[N+](=O)[O-]. The van der Waals surface area contributed by atoms with Gasteiger partial charge in [0.2, 0.25) is 5.15 Å². The molecule has 9 heteroatoms. The van der Waals surface area contributed by atoms with E-state index in [0.717, 1.165) is 0 Å². The number of anilines is 1. The number of nitrogens with one attached hydrogen (secondary N) is 2. The number of pyridine rings is 1. The Morgan fingerprint density at radius 3 is 2.68 bits per heavy atom. The second-order valence-electron chi connectivity index (χ2n) is 4.51. The van der Waals surface area contributed by atoms with Crippen molar-refractivity contribution >= 4 is 29.1 Å². The molecule has 0 aliphatic rings. The van der Waals surface area contributed by atoms with E-state index in [1.54, 1.807) is 20.8 Å². The molecule has 1 aromatic heterocycles. The van der Waals surface area contributed by atoms with Crippen LogP contribution in [0.25, 0.3) is 0 Å². The Hall–Kier alpha value is -2.09. The van der Waals surface area contributed by atoms with Gasteiger partial charge in [0, 0.05) is 6.20 Å². The molecule has 0 aliphatic carbocycles. The van der Waals surface area contributed by atoms with Crippen molar-refractivity contribution in [2.24, 2.45) is 0 Å². The highest BCUT2D eigenvalue weighted by atomic mass is 35.5. The molecule has 0 aromatic carbocycles. The minimum Gasteiger partial charge on any atom is -0.443 e. The van der Waals surface area contributed by atoms with Gasteiger partial charge in [0.05, 0.1) is 4.92 Å². The van der Waals surface area contributed by atoms with Crippen LogP contribution >= 0.6 is 11.6 Å². The lowest BCUT2D eigenvalue weighted by Gasteiger charge is -2.20. The summed E-state index contributed by atoms with van der Waals surface area (Å²) in [6.45, 7) is 5.08. The van der Waals surface area contributed by atoms with Crippen molar-refractivity contribution < 1.29 is 14.5 Å². The van der Waals surface area contributed by atoms with E-state index in [0.29, 0.717) is 0 Å². The number of hydrazine groups is 1. The Morgan fingerprint density at radius 1 is 1.53 bits per heavy atom. The van der Waals surface area contributed by atoms with Crippen LogP contribution in [0, 0.1) is 10.1 Å².